The van der Waals surface area contributed by atoms with Crippen molar-refractivity contribution in [1.82, 2.24) is 0 Å². The van der Waals surface area contributed by atoms with Crippen molar-refractivity contribution in [3.63, 3.8) is 0 Å². The molecule has 0 atom stereocenters. The van der Waals surface area contributed by atoms with Crippen molar-refractivity contribution < 1.29 is 4.74 Å². The third-order valence-corrected chi connectivity index (χ3v) is 3.48. The number of rotatable bonds is 4. The van der Waals surface area contributed by atoms with Gasteiger partial charge in [0.05, 0.1) is 18.2 Å². The predicted octanol–water partition coefficient (Wildman–Crippen LogP) is 3.91. The summed E-state index contributed by atoms with van der Waals surface area (Å²) in [6.45, 7) is 0.777. The second-order valence-corrected chi connectivity index (χ2v) is 4.78. The third-order valence-electron chi connectivity index (χ3n) is 3.48. The summed E-state index contributed by atoms with van der Waals surface area (Å²) >= 11 is 0. The lowest BCUT2D eigenvalue weighted by Gasteiger charge is -2.21. The molecule has 90 valence electrons. The van der Waals surface area contributed by atoms with E-state index in [9.17, 15) is 0 Å². The molecule has 1 aromatic rings. The summed E-state index contributed by atoms with van der Waals surface area (Å²) in [5.74, 6) is 1.67. The number of hydrogen-bond acceptors (Lipinski definition) is 2. The summed E-state index contributed by atoms with van der Waals surface area (Å²) in [6, 6.07) is 9.52. The van der Waals surface area contributed by atoms with E-state index in [1.165, 1.54) is 32.1 Å². The summed E-state index contributed by atoms with van der Waals surface area (Å²) in [5, 5.41) is 8.79. The topological polar surface area (TPSA) is 33.0 Å². The Morgan fingerprint density at radius 1 is 1.24 bits per heavy atom. The zero-order chi connectivity index (χ0) is 11.9. The van der Waals surface area contributed by atoms with Gasteiger partial charge in [-0.05, 0) is 30.5 Å². The monoisotopic (exact) mass is 229 g/mol. The van der Waals surface area contributed by atoms with Crippen LogP contribution in [0.4, 0.5) is 0 Å². The molecule has 1 fully saturated rings. The molecule has 0 radical (unpaired) electrons. The van der Waals surface area contributed by atoms with Gasteiger partial charge < -0.3 is 4.74 Å². The summed E-state index contributed by atoms with van der Waals surface area (Å²) in [5.41, 5.74) is 0.667. The van der Waals surface area contributed by atoms with Crippen LogP contribution in [-0.2, 0) is 0 Å². The van der Waals surface area contributed by atoms with E-state index >= 15 is 0 Å². The highest BCUT2D eigenvalue weighted by molar-refractivity contribution is 5.36. The van der Waals surface area contributed by atoms with Crippen LogP contribution < -0.4 is 4.74 Å². The first-order valence-electron chi connectivity index (χ1n) is 6.51. The minimum Gasteiger partial charge on any atom is -0.494 e. The summed E-state index contributed by atoms with van der Waals surface area (Å²) in [6.07, 6.45) is 8.05. The number of nitriles is 1. The SMILES string of the molecule is N#Cc1cccc(OCCC2CCCCC2)c1. The Labute approximate surface area is 103 Å². The maximum atomic E-state index is 8.79. The maximum absolute atomic E-state index is 8.79. The van der Waals surface area contributed by atoms with Crippen molar-refractivity contribution >= 4 is 0 Å². The Morgan fingerprint density at radius 3 is 2.82 bits per heavy atom. The van der Waals surface area contributed by atoms with Crippen molar-refractivity contribution in [3.05, 3.63) is 29.8 Å². The molecule has 0 aromatic heterocycles. The molecule has 0 saturated heterocycles. The Morgan fingerprint density at radius 2 is 2.06 bits per heavy atom. The molecule has 2 nitrogen and oxygen atoms in total. The van der Waals surface area contributed by atoms with Gasteiger partial charge in [0.25, 0.3) is 0 Å². The van der Waals surface area contributed by atoms with Crippen molar-refractivity contribution in [1.29, 1.82) is 5.26 Å². The molecular weight excluding hydrogens is 210 g/mol. The minimum absolute atomic E-state index is 0.667. The Bertz CT molecular complexity index is 388. The largest absolute Gasteiger partial charge is 0.494 e. The van der Waals surface area contributed by atoms with Crippen LogP contribution in [0.1, 0.15) is 44.1 Å². The average molecular weight is 229 g/mol. The van der Waals surface area contributed by atoms with Crippen LogP contribution in [0.25, 0.3) is 0 Å². The van der Waals surface area contributed by atoms with Crippen LogP contribution in [0, 0.1) is 17.2 Å². The zero-order valence-corrected chi connectivity index (χ0v) is 10.2. The van der Waals surface area contributed by atoms with Crippen LogP contribution in [0.2, 0.25) is 0 Å². The smallest absolute Gasteiger partial charge is 0.120 e. The van der Waals surface area contributed by atoms with Gasteiger partial charge in [-0.25, -0.2) is 0 Å². The molecule has 0 spiro atoms. The van der Waals surface area contributed by atoms with Crippen molar-refractivity contribution in [2.24, 2.45) is 5.92 Å². The molecule has 17 heavy (non-hydrogen) atoms. The quantitative estimate of drug-likeness (QED) is 0.784. The molecule has 2 rings (SSSR count). The molecule has 1 aliphatic carbocycles. The molecule has 0 N–H and O–H groups in total. The molecule has 0 amide bonds. The normalized spacial score (nSPS) is 16.4. The number of nitrogens with zero attached hydrogens (tertiary/aromatic N) is 1. The van der Waals surface area contributed by atoms with E-state index in [0.717, 1.165) is 24.7 Å². The minimum atomic E-state index is 0.667. The van der Waals surface area contributed by atoms with Crippen LogP contribution in [0.15, 0.2) is 24.3 Å². The Balaban J connectivity index is 1.75. The molecule has 0 aliphatic heterocycles. The van der Waals surface area contributed by atoms with Gasteiger partial charge >= 0.3 is 0 Å². The summed E-state index contributed by atoms with van der Waals surface area (Å²) in [7, 11) is 0. The molecule has 1 aliphatic rings. The van der Waals surface area contributed by atoms with Crippen molar-refractivity contribution in [2.45, 2.75) is 38.5 Å². The molecule has 0 unspecified atom stereocenters. The van der Waals surface area contributed by atoms with E-state index in [-0.39, 0.29) is 0 Å². The lowest BCUT2D eigenvalue weighted by Crippen LogP contribution is -2.10. The summed E-state index contributed by atoms with van der Waals surface area (Å²) < 4.78 is 5.70. The summed E-state index contributed by atoms with van der Waals surface area (Å²) in [4.78, 5) is 0. The van der Waals surface area contributed by atoms with Gasteiger partial charge in [0.2, 0.25) is 0 Å². The van der Waals surface area contributed by atoms with Gasteiger partial charge in [-0.3, -0.25) is 0 Å². The van der Waals surface area contributed by atoms with Gasteiger partial charge in [-0.2, -0.15) is 5.26 Å². The van der Waals surface area contributed by atoms with Crippen LogP contribution >= 0.6 is 0 Å². The standard InChI is InChI=1S/C15H19NO/c16-12-14-7-4-8-15(11-14)17-10-9-13-5-2-1-3-6-13/h4,7-8,11,13H,1-3,5-6,9-10H2. The highest BCUT2D eigenvalue weighted by Gasteiger charge is 2.12. The molecule has 1 saturated carbocycles. The van der Waals surface area contributed by atoms with Crippen LogP contribution in [0.3, 0.4) is 0 Å². The van der Waals surface area contributed by atoms with E-state index in [1.54, 1.807) is 12.1 Å². The third kappa shape index (κ3) is 3.78. The number of benzene rings is 1. The number of ether oxygens (including phenoxy) is 1. The zero-order valence-electron chi connectivity index (χ0n) is 10.2. The van der Waals surface area contributed by atoms with E-state index in [1.807, 2.05) is 12.1 Å². The van der Waals surface area contributed by atoms with Gasteiger partial charge in [0, 0.05) is 0 Å². The van der Waals surface area contributed by atoms with Gasteiger partial charge in [-0.15, -0.1) is 0 Å². The van der Waals surface area contributed by atoms with Gasteiger partial charge in [0.15, 0.2) is 0 Å². The van der Waals surface area contributed by atoms with Gasteiger partial charge in [-0.1, -0.05) is 38.2 Å². The highest BCUT2D eigenvalue weighted by Crippen LogP contribution is 2.26. The van der Waals surface area contributed by atoms with E-state index in [4.69, 9.17) is 10.00 Å². The predicted molar refractivity (Wildman–Crippen MR) is 67.8 cm³/mol. The van der Waals surface area contributed by atoms with Crippen molar-refractivity contribution in [3.8, 4) is 11.8 Å². The lowest BCUT2D eigenvalue weighted by molar-refractivity contribution is 0.246. The Kier molecular flexibility index (Phi) is 4.44. The first kappa shape index (κ1) is 12.0. The fourth-order valence-corrected chi connectivity index (χ4v) is 2.47. The second kappa shape index (κ2) is 6.30. The molecule has 2 heteroatoms. The van der Waals surface area contributed by atoms with E-state index in [0.29, 0.717) is 5.56 Å². The van der Waals surface area contributed by atoms with E-state index in [2.05, 4.69) is 6.07 Å². The maximum Gasteiger partial charge on any atom is 0.120 e. The highest BCUT2D eigenvalue weighted by atomic mass is 16.5. The Hall–Kier alpha value is -1.49. The first-order valence-corrected chi connectivity index (χ1v) is 6.51. The first-order chi connectivity index (χ1) is 8.38. The van der Waals surface area contributed by atoms with Crippen molar-refractivity contribution in [2.75, 3.05) is 6.61 Å². The molecular formula is C15H19NO. The fourth-order valence-electron chi connectivity index (χ4n) is 2.47. The second-order valence-electron chi connectivity index (χ2n) is 4.78. The van der Waals surface area contributed by atoms with Gasteiger partial charge in [0.1, 0.15) is 5.75 Å². The number of hydrogen-bond donors (Lipinski definition) is 0. The molecule has 0 bridgehead atoms. The average Bonchev–Trinajstić information content (AvgIpc) is 2.40. The molecule has 0 heterocycles. The van der Waals surface area contributed by atoms with Crippen LogP contribution in [0.5, 0.6) is 5.75 Å². The van der Waals surface area contributed by atoms with E-state index < -0.39 is 0 Å². The van der Waals surface area contributed by atoms with Crippen LogP contribution in [-0.4, -0.2) is 6.61 Å². The molecule has 1 aromatic carbocycles. The lowest BCUT2D eigenvalue weighted by atomic mass is 9.87. The fraction of sp³-hybridized carbons (Fsp3) is 0.533.